The molecule has 0 amide bonds. The molecule has 19 heavy (non-hydrogen) atoms. The molecule has 0 heterocycles. The molecule has 2 aliphatic carbocycles. The van der Waals surface area contributed by atoms with E-state index in [9.17, 15) is 5.26 Å². The molecule has 3 atom stereocenters. The smallest absolute Gasteiger partial charge is 0.133 e. The fraction of sp³-hybridized carbons (Fsp3) is 0.938. The van der Waals surface area contributed by atoms with Gasteiger partial charge in [-0.1, -0.05) is 26.7 Å². The molecule has 0 aromatic heterocycles. The fourth-order valence-corrected chi connectivity index (χ4v) is 3.17. The van der Waals surface area contributed by atoms with Gasteiger partial charge in [-0.2, -0.15) is 5.26 Å². The predicted octanol–water partition coefficient (Wildman–Crippen LogP) is 3.25. The number of nitriles is 1. The standard InChI is InChI=1S/C16H28N2O/c1-3-10-18-16(11-17,14-8-9-14)12-19-15-7-5-4-6-13(15)2/h13-15,18H,3-10,12H2,1-2H3. The zero-order chi connectivity index (χ0) is 13.7. The van der Waals surface area contributed by atoms with Crippen molar-refractivity contribution in [1.29, 1.82) is 5.26 Å². The van der Waals surface area contributed by atoms with Crippen molar-refractivity contribution in [3.63, 3.8) is 0 Å². The maximum atomic E-state index is 9.62. The lowest BCUT2D eigenvalue weighted by Gasteiger charge is -2.34. The average molecular weight is 264 g/mol. The monoisotopic (exact) mass is 264 g/mol. The molecular formula is C16H28N2O. The molecule has 0 bridgehead atoms. The summed E-state index contributed by atoms with van der Waals surface area (Å²) in [5.41, 5.74) is -0.423. The number of nitrogens with zero attached hydrogens (tertiary/aromatic N) is 1. The summed E-state index contributed by atoms with van der Waals surface area (Å²) in [6.45, 7) is 5.91. The number of nitrogens with one attached hydrogen (secondary N) is 1. The normalized spacial score (nSPS) is 30.6. The van der Waals surface area contributed by atoms with Crippen LogP contribution >= 0.6 is 0 Å². The summed E-state index contributed by atoms with van der Waals surface area (Å²) in [6, 6.07) is 2.53. The van der Waals surface area contributed by atoms with Gasteiger partial charge in [0.25, 0.3) is 0 Å². The molecule has 0 aromatic rings. The van der Waals surface area contributed by atoms with E-state index >= 15 is 0 Å². The van der Waals surface area contributed by atoms with Crippen molar-refractivity contribution >= 4 is 0 Å². The molecule has 3 nitrogen and oxygen atoms in total. The van der Waals surface area contributed by atoms with Crippen LogP contribution in [0.2, 0.25) is 0 Å². The van der Waals surface area contributed by atoms with Crippen molar-refractivity contribution in [2.45, 2.75) is 70.4 Å². The summed E-state index contributed by atoms with van der Waals surface area (Å²) < 4.78 is 6.16. The van der Waals surface area contributed by atoms with Gasteiger partial charge in [0.05, 0.1) is 18.8 Å². The van der Waals surface area contributed by atoms with Crippen LogP contribution in [0, 0.1) is 23.2 Å². The summed E-state index contributed by atoms with van der Waals surface area (Å²) >= 11 is 0. The first-order chi connectivity index (χ1) is 9.22. The molecule has 0 radical (unpaired) electrons. The first kappa shape index (κ1) is 14.8. The highest BCUT2D eigenvalue weighted by Crippen LogP contribution is 2.40. The van der Waals surface area contributed by atoms with Crippen LogP contribution in [-0.2, 0) is 4.74 Å². The van der Waals surface area contributed by atoms with Gasteiger partial charge in [0.15, 0.2) is 0 Å². The third-order valence-electron chi connectivity index (χ3n) is 4.72. The molecule has 1 N–H and O–H groups in total. The Labute approximate surface area is 117 Å². The van der Waals surface area contributed by atoms with Gasteiger partial charge < -0.3 is 4.74 Å². The summed E-state index contributed by atoms with van der Waals surface area (Å²) in [6.07, 6.45) is 8.83. The highest BCUT2D eigenvalue weighted by Gasteiger charge is 2.46. The Balaban J connectivity index is 1.90. The van der Waals surface area contributed by atoms with Gasteiger partial charge in [0.2, 0.25) is 0 Å². The molecule has 0 saturated heterocycles. The van der Waals surface area contributed by atoms with Gasteiger partial charge in [-0.3, -0.25) is 5.32 Å². The van der Waals surface area contributed by atoms with Gasteiger partial charge in [-0.25, -0.2) is 0 Å². The van der Waals surface area contributed by atoms with Crippen LogP contribution in [0.1, 0.15) is 58.8 Å². The number of ether oxygens (including phenoxy) is 1. The van der Waals surface area contributed by atoms with E-state index in [2.05, 4.69) is 25.2 Å². The highest BCUT2D eigenvalue weighted by molar-refractivity contribution is 5.15. The maximum Gasteiger partial charge on any atom is 0.133 e. The van der Waals surface area contributed by atoms with E-state index in [1.165, 1.54) is 38.5 Å². The quantitative estimate of drug-likeness (QED) is 0.767. The zero-order valence-electron chi connectivity index (χ0n) is 12.5. The highest BCUT2D eigenvalue weighted by atomic mass is 16.5. The molecule has 3 unspecified atom stereocenters. The zero-order valence-corrected chi connectivity index (χ0v) is 12.5. The van der Waals surface area contributed by atoms with Crippen LogP contribution in [0.5, 0.6) is 0 Å². The predicted molar refractivity (Wildman–Crippen MR) is 76.7 cm³/mol. The van der Waals surface area contributed by atoms with Crippen molar-refractivity contribution < 1.29 is 4.74 Å². The van der Waals surface area contributed by atoms with Crippen molar-refractivity contribution in [2.24, 2.45) is 11.8 Å². The van der Waals surface area contributed by atoms with Crippen molar-refractivity contribution in [3.05, 3.63) is 0 Å². The van der Waals surface area contributed by atoms with Crippen LogP contribution in [0.3, 0.4) is 0 Å². The second-order valence-corrected chi connectivity index (χ2v) is 6.40. The van der Waals surface area contributed by atoms with E-state index in [-0.39, 0.29) is 0 Å². The van der Waals surface area contributed by atoms with Crippen LogP contribution < -0.4 is 5.32 Å². The van der Waals surface area contributed by atoms with Crippen LogP contribution in [-0.4, -0.2) is 24.8 Å². The molecule has 0 aromatic carbocycles. The lowest BCUT2D eigenvalue weighted by molar-refractivity contribution is -0.0289. The summed E-state index contributed by atoms with van der Waals surface area (Å²) in [5.74, 6) is 1.15. The summed E-state index contributed by atoms with van der Waals surface area (Å²) in [4.78, 5) is 0. The Morgan fingerprint density at radius 3 is 2.58 bits per heavy atom. The first-order valence-corrected chi connectivity index (χ1v) is 7.99. The van der Waals surface area contributed by atoms with Crippen molar-refractivity contribution in [2.75, 3.05) is 13.2 Å². The van der Waals surface area contributed by atoms with Gasteiger partial charge >= 0.3 is 0 Å². The maximum absolute atomic E-state index is 9.62. The fourth-order valence-electron chi connectivity index (χ4n) is 3.17. The minimum Gasteiger partial charge on any atom is -0.375 e. The molecule has 3 heteroatoms. The first-order valence-electron chi connectivity index (χ1n) is 7.99. The second kappa shape index (κ2) is 6.72. The van der Waals surface area contributed by atoms with E-state index in [0.29, 0.717) is 24.5 Å². The molecule has 2 saturated carbocycles. The molecule has 2 fully saturated rings. The number of rotatable bonds is 7. The van der Waals surface area contributed by atoms with E-state index < -0.39 is 5.54 Å². The minimum atomic E-state index is -0.423. The van der Waals surface area contributed by atoms with E-state index in [4.69, 9.17) is 4.74 Å². The Bertz CT molecular complexity index is 321. The second-order valence-electron chi connectivity index (χ2n) is 6.40. The van der Waals surface area contributed by atoms with E-state index in [0.717, 1.165) is 13.0 Å². The Hall–Kier alpha value is -0.590. The minimum absolute atomic E-state index is 0.364. The van der Waals surface area contributed by atoms with Gasteiger partial charge in [-0.05, 0) is 50.5 Å². The molecule has 0 spiro atoms. The third-order valence-corrected chi connectivity index (χ3v) is 4.72. The van der Waals surface area contributed by atoms with Crippen LogP contribution in [0.4, 0.5) is 0 Å². The van der Waals surface area contributed by atoms with E-state index in [1.807, 2.05) is 0 Å². The Morgan fingerprint density at radius 1 is 1.26 bits per heavy atom. The molecule has 108 valence electrons. The molecule has 0 aliphatic heterocycles. The van der Waals surface area contributed by atoms with Gasteiger partial charge in [0.1, 0.15) is 5.54 Å². The van der Waals surface area contributed by atoms with E-state index in [1.54, 1.807) is 0 Å². The Kier molecular flexibility index (Phi) is 5.24. The number of hydrogen-bond acceptors (Lipinski definition) is 3. The van der Waals surface area contributed by atoms with Crippen molar-refractivity contribution in [1.82, 2.24) is 5.32 Å². The molecule has 2 aliphatic rings. The van der Waals surface area contributed by atoms with Crippen LogP contribution in [0.25, 0.3) is 0 Å². The largest absolute Gasteiger partial charge is 0.375 e. The van der Waals surface area contributed by atoms with Gasteiger partial charge in [-0.15, -0.1) is 0 Å². The molecule has 2 rings (SSSR count). The summed E-state index contributed by atoms with van der Waals surface area (Å²) in [5, 5.41) is 13.1. The van der Waals surface area contributed by atoms with Gasteiger partial charge in [0, 0.05) is 0 Å². The SMILES string of the molecule is CCCNC(C#N)(COC1CCCCC1C)C1CC1. The lowest BCUT2D eigenvalue weighted by atomic mass is 9.87. The third kappa shape index (κ3) is 3.70. The average Bonchev–Trinajstić information content (AvgIpc) is 3.26. The molecular weight excluding hydrogens is 236 g/mol. The lowest BCUT2D eigenvalue weighted by Crippen LogP contribution is -2.51. The topological polar surface area (TPSA) is 45.0 Å². The van der Waals surface area contributed by atoms with Crippen LogP contribution in [0.15, 0.2) is 0 Å². The van der Waals surface area contributed by atoms with Crippen molar-refractivity contribution in [3.8, 4) is 6.07 Å². The summed E-state index contributed by atoms with van der Waals surface area (Å²) in [7, 11) is 0. The number of hydrogen-bond donors (Lipinski definition) is 1. The Morgan fingerprint density at radius 2 is 2.00 bits per heavy atom.